The molecule has 1 atom stereocenters. The van der Waals surface area contributed by atoms with Gasteiger partial charge in [0.15, 0.2) is 0 Å². The van der Waals surface area contributed by atoms with Gasteiger partial charge in [-0.1, -0.05) is 36.4 Å². The van der Waals surface area contributed by atoms with E-state index in [9.17, 15) is 22.8 Å². The van der Waals surface area contributed by atoms with Crippen LogP contribution in [0.2, 0.25) is 0 Å². The zero-order chi connectivity index (χ0) is 18.2. The first-order chi connectivity index (χ1) is 11.7. The van der Waals surface area contributed by atoms with Crippen molar-refractivity contribution in [3.8, 4) is 0 Å². The molecule has 0 radical (unpaired) electrons. The van der Waals surface area contributed by atoms with Gasteiger partial charge in [-0.15, -0.1) is 0 Å². The van der Waals surface area contributed by atoms with Gasteiger partial charge in [-0.2, -0.15) is 13.2 Å². The Balaban J connectivity index is 2.01. The van der Waals surface area contributed by atoms with Gasteiger partial charge in [0.1, 0.15) is 5.41 Å². The minimum atomic E-state index is -4.51. The van der Waals surface area contributed by atoms with E-state index in [1.165, 1.54) is 6.07 Å². The minimum absolute atomic E-state index is 0.0451. The Labute approximate surface area is 141 Å². The molecule has 0 bridgehead atoms. The quantitative estimate of drug-likeness (QED) is 0.837. The van der Waals surface area contributed by atoms with Crippen LogP contribution in [0.25, 0.3) is 0 Å². The smallest absolute Gasteiger partial charge is 0.369 e. The van der Waals surface area contributed by atoms with Crippen molar-refractivity contribution in [2.24, 2.45) is 11.1 Å². The normalized spacial score (nSPS) is 19.9. The third-order valence-electron chi connectivity index (χ3n) is 4.43. The third kappa shape index (κ3) is 3.09. The summed E-state index contributed by atoms with van der Waals surface area (Å²) in [7, 11) is 0. The predicted molar refractivity (Wildman–Crippen MR) is 85.6 cm³/mol. The molecular weight excluding hydrogens is 333 g/mol. The highest BCUT2D eigenvalue weighted by Gasteiger charge is 2.48. The Kier molecular flexibility index (Phi) is 4.02. The van der Waals surface area contributed by atoms with Crippen LogP contribution in [0.5, 0.6) is 0 Å². The van der Waals surface area contributed by atoms with Crippen LogP contribution in [0.1, 0.15) is 16.7 Å². The maximum Gasteiger partial charge on any atom is 0.416 e. The van der Waals surface area contributed by atoms with Gasteiger partial charge in [0, 0.05) is 5.69 Å². The monoisotopic (exact) mass is 348 g/mol. The van der Waals surface area contributed by atoms with Crippen LogP contribution in [0.4, 0.5) is 18.9 Å². The van der Waals surface area contributed by atoms with Crippen molar-refractivity contribution in [1.29, 1.82) is 0 Å². The molecule has 0 saturated heterocycles. The molecular formula is C18H15F3N2O2. The van der Waals surface area contributed by atoms with Gasteiger partial charge in [-0.05, 0) is 36.1 Å². The van der Waals surface area contributed by atoms with Gasteiger partial charge in [0.25, 0.3) is 0 Å². The molecule has 0 fully saturated rings. The number of primary amides is 1. The number of carbonyl (C=O) groups is 2. The molecule has 3 rings (SSSR count). The number of carbonyl (C=O) groups excluding carboxylic acids is 2. The molecule has 0 saturated carbocycles. The first-order valence-electron chi connectivity index (χ1n) is 7.58. The second-order valence-electron chi connectivity index (χ2n) is 6.11. The largest absolute Gasteiger partial charge is 0.416 e. The van der Waals surface area contributed by atoms with Gasteiger partial charge in [0.05, 0.1) is 5.56 Å². The van der Waals surface area contributed by atoms with E-state index in [1.807, 2.05) is 0 Å². The molecule has 0 aromatic heterocycles. The summed E-state index contributed by atoms with van der Waals surface area (Å²) in [5.41, 5.74) is 4.37. The molecule has 4 nitrogen and oxygen atoms in total. The Morgan fingerprint density at radius 2 is 1.84 bits per heavy atom. The second kappa shape index (κ2) is 5.91. The Bertz CT molecular complexity index is 834. The third-order valence-corrected chi connectivity index (χ3v) is 4.43. The van der Waals surface area contributed by atoms with E-state index < -0.39 is 29.0 Å². The average Bonchev–Trinajstić information content (AvgIpc) is 2.55. The lowest BCUT2D eigenvalue weighted by atomic mass is 9.72. The number of hydrogen-bond acceptors (Lipinski definition) is 2. The molecule has 1 heterocycles. The van der Waals surface area contributed by atoms with Gasteiger partial charge in [-0.3, -0.25) is 9.59 Å². The van der Waals surface area contributed by atoms with Crippen LogP contribution >= 0.6 is 0 Å². The number of nitrogens with two attached hydrogens (primary N) is 1. The number of fused-ring (bicyclic) bond motifs is 1. The van der Waals surface area contributed by atoms with Crippen LogP contribution < -0.4 is 11.1 Å². The van der Waals surface area contributed by atoms with Gasteiger partial charge < -0.3 is 11.1 Å². The van der Waals surface area contributed by atoms with Crippen molar-refractivity contribution < 1.29 is 22.8 Å². The number of anilines is 1. The number of nitrogens with one attached hydrogen (secondary N) is 1. The lowest BCUT2D eigenvalue weighted by Crippen LogP contribution is -2.52. The first kappa shape index (κ1) is 17.0. The molecule has 7 heteroatoms. The summed E-state index contributed by atoms with van der Waals surface area (Å²) >= 11 is 0. The molecule has 0 unspecified atom stereocenters. The van der Waals surface area contributed by atoms with E-state index in [0.29, 0.717) is 5.56 Å². The highest BCUT2D eigenvalue weighted by Crippen LogP contribution is 2.39. The molecule has 0 spiro atoms. The Morgan fingerprint density at radius 1 is 1.16 bits per heavy atom. The van der Waals surface area contributed by atoms with Crippen LogP contribution in [-0.4, -0.2) is 11.8 Å². The van der Waals surface area contributed by atoms with Crippen molar-refractivity contribution in [3.05, 3.63) is 65.2 Å². The SMILES string of the molecule is NC(=O)[C@@]1(Cc2ccccc2)Cc2ccc(C(F)(F)F)cc2NC1=O. The summed E-state index contributed by atoms with van der Waals surface area (Å²) in [6, 6.07) is 12.0. The highest BCUT2D eigenvalue weighted by molar-refractivity contribution is 6.12. The standard InChI is InChI=1S/C18H15F3N2O2/c19-18(20,21)13-7-6-12-10-17(15(22)24,16(25)23-14(12)8-13)9-11-4-2-1-3-5-11/h1-8H,9-10H2,(H2,22,24)(H,23,25)/t17-/m1/s1. The molecule has 2 aromatic rings. The van der Waals surface area contributed by atoms with E-state index in [4.69, 9.17) is 5.73 Å². The molecule has 130 valence electrons. The number of rotatable bonds is 3. The number of hydrogen-bond donors (Lipinski definition) is 2. The zero-order valence-electron chi connectivity index (χ0n) is 13.1. The molecule has 1 aliphatic heterocycles. The average molecular weight is 348 g/mol. The fraction of sp³-hybridized carbons (Fsp3) is 0.222. The molecule has 2 amide bonds. The van der Waals surface area contributed by atoms with E-state index in [0.717, 1.165) is 17.7 Å². The van der Waals surface area contributed by atoms with Gasteiger partial charge in [-0.25, -0.2) is 0 Å². The minimum Gasteiger partial charge on any atom is -0.369 e. The summed E-state index contributed by atoms with van der Waals surface area (Å²) < 4.78 is 38.5. The second-order valence-corrected chi connectivity index (χ2v) is 6.11. The lowest BCUT2D eigenvalue weighted by molar-refractivity contribution is -0.140. The fourth-order valence-corrected chi connectivity index (χ4v) is 3.04. The van der Waals surface area contributed by atoms with E-state index in [2.05, 4.69) is 5.32 Å². The van der Waals surface area contributed by atoms with E-state index >= 15 is 0 Å². The number of alkyl halides is 3. The van der Waals surface area contributed by atoms with Gasteiger partial charge >= 0.3 is 6.18 Å². The van der Waals surface area contributed by atoms with E-state index in [1.54, 1.807) is 30.3 Å². The van der Waals surface area contributed by atoms with Crippen LogP contribution in [0, 0.1) is 5.41 Å². The van der Waals surface area contributed by atoms with Crippen molar-refractivity contribution in [2.45, 2.75) is 19.0 Å². The summed E-state index contributed by atoms with van der Waals surface area (Å²) in [5.74, 6) is -1.49. The van der Waals surface area contributed by atoms with Crippen molar-refractivity contribution in [2.75, 3.05) is 5.32 Å². The van der Waals surface area contributed by atoms with Crippen molar-refractivity contribution in [3.63, 3.8) is 0 Å². The fourth-order valence-electron chi connectivity index (χ4n) is 3.04. The van der Waals surface area contributed by atoms with Crippen LogP contribution in [-0.2, 0) is 28.6 Å². The molecule has 25 heavy (non-hydrogen) atoms. The summed E-state index contributed by atoms with van der Waals surface area (Å²) in [6.45, 7) is 0. The summed E-state index contributed by atoms with van der Waals surface area (Å²) in [4.78, 5) is 24.7. The van der Waals surface area contributed by atoms with Gasteiger partial charge in [0.2, 0.25) is 11.8 Å². The Morgan fingerprint density at radius 3 is 2.44 bits per heavy atom. The molecule has 0 aliphatic carbocycles. The number of benzene rings is 2. The maximum absolute atomic E-state index is 12.8. The number of amides is 2. The van der Waals surface area contributed by atoms with Crippen molar-refractivity contribution >= 4 is 17.5 Å². The summed E-state index contributed by atoms with van der Waals surface area (Å²) in [5, 5.41) is 2.43. The lowest BCUT2D eigenvalue weighted by Gasteiger charge is -2.34. The van der Waals surface area contributed by atoms with Crippen LogP contribution in [0.3, 0.4) is 0 Å². The molecule has 2 aromatic carbocycles. The Hall–Kier alpha value is -2.83. The van der Waals surface area contributed by atoms with Crippen LogP contribution in [0.15, 0.2) is 48.5 Å². The highest BCUT2D eigenvalue weighted by atomic mass is 19.4. The van der Waals surface area contributed by atoms with Crippen molar-refractivity contribution in [1.82, 2.24) is 0 Å². The summed E-state index contributed by atoms with van der Waals surface area (Å²) in [6.07, 6.45) is -4.48. The predicted octanol–water partition coefficient (Wildman–Crippen LogP) is 2.91. The maximum atomic E-state index is 12.8. The topological polar surface area (TPSA) is 72.2 Å². The molecule has 3 N–H and O–H groups in total. The first-order valence-corrected chi connectivity index (χ1v) is 7.58. The number of halogens is 3. The van der Waals surface area contributed by atoms with E-state index in [-0.39, 0.29) is 18.5 Å². The molecule has 1 aliphatic rings. The zero-order valence-corrected chi connectivity index (χ0v) is 13.1.